The lowest BCUT2D eigenvalue weighted by atomic mass is 10.2. The van der Waals surface area contributed by atoms with Crippen molar-refractivity contribution in [2.75, 3.05) is 26.2 Å². The standard InChI is InChI=1S/C9H10.C5H10N2O/c1-2-6-9-7-4-3-5-8-9;8-4-3-7-2-1-6-5-7/h2-5,7-8H,1,6H2;5,8H,1-4H2. The number of rotatable bonds is 4. The van der Waals surface area contributed by atoms with Gasteiger partial charge in [0.2, 0.25) is 0 Å². The van der Waals surface area contributed by atoms with Crippen molar-refractivity contribution in [3.63, 3.8) is 0 Å². The summed E-state index contributed by atoms with van der Waals surface area (Å²) < 4.78 is 0. The highest BCUT2D eigenvalue weighted by atomic mass is 16.3. The Morgan fingerprint density at radius 2 is 2.12 bits per heavy atom. The van der Waals surface area contributed by atoms with Gasteiger partial charge in [-0.1, -0.05) is 36.4 Å². The van der Waals surface area contributed by atoms with Gasteiger partial charge in [-0.15, -0.1) is 6.58 Å². The molecular weight excluding hydrogens is 212 g/mol. The molecule has 1 aromatic carbocycles. The van der Waals surface area contributed by atoms with E-state index in [0.717, 1.165) is 26.1 Å². The monoisotopic (exact) mass is 232 g/mol. The Labute approximate surface area is 103 Å². The molecule has 0 aliphatic carbocycles. The van der Waals surface area contributed by atoms with Crippen LogP contribution in [0, 0.1) is 0 Å². The first-order chi connectivity index (χ1) is 8.36. The number of aliphatic hydroxyl groups excluding tert-OH is 1. The van der Waals surface area contributed by atoms with E-state index in [0.29, 0.717) is 0 Å². The van der Waals surface area contributed by atoms with Crippen LogP contribution in [0.2, 0.25) is 0 Å². The second-order valence-corrected chi connectivity index (χ2v) is 3.76. The highest BCUT2D eigenvalue weighted by Crippen LogP contribution is 1.98. The number of β-amino-alcohol motifs (C(OH)–C–C–N with tert-alkyl or cyclic N) is 1. The summed E-state index contributed by atoms with van der Waals surface area (Å²) in [5.74, 6) is 0. The molecule has 0 fully saturated rings. The number of nitrogens with zero attached hydrogens (tertiary/aromatic N) is 2. The molecule has 0 radical (unpaired) electrons. The van der Waals surface area contributed by atoms with Crippen LogP contribution in [0.25, 0.3) is 0 Å². The highest BCUT2D eigenvalue weighted by Gasteiger charge is 2.01. The minimum Gasteiger partial charge on any atom is -0.395 e. The van der Waals surface area contributed by atoms with Crippen LogP contribution in [0.3, 0.4) is 0 Å². The summed E-state index contributed by atoms with van der Waals surface area (Å²) in [4.78, 5) is 5.97. The Morgan fingerprint density at radius 3 is 2.65 bits per heavy atom. The third-order valence-electron chi connectivity index (χ3n) is 2.37. The highest BCUT2D eigenvalue weighted by molar-refractivity contribution is 5.56. The second-order valence-electron chi connectivity index (χ2n) is 3.76. The summed E-state index contributed by atoms with van der Waals surface area (Å²) >= 11 is 0. The molecule has 0 unspecified atom stereocenters. The molecule has 92 valence electrons. The van der Waals surface area contributed by atoms with E-state index in [9.17, 15) is 0 Å². The largest absolute Gasteiger partial charge is 0.395 e. The Kier molecular flexibility index (Phi) is 6.75. The molecule has 17 heavy (non-hydrogen) atoms. The van der Waals surface area contributed by atoms with Gasteiger partial charge in [0.15, 0.2) is 0 Å². The molecule has 1 aliphatic heterocycles. The van der Waals surface area contributed by atoms with Crippen molar-refractivity contribution < 1.29 is 5.11 Å². The van der Waals surface area contributed by atoms with Crippen LogP contribution in [0.15, 0.2) is 48.0 Å². The number of hydrogen-bond donors (Lipinski definition) is 1. The van der Waals surface area contributed by atoms with Gasteiger partial charge < -0.3 is 10.0 Å². The molecule has 0 saturated carbocycles. The maximum atomic E-state index is 8.42. The van der Waals surface area contributed by atoms with E-state index < -0.39 is 0 Å². The quantitative estimate of drug-likeness (QED) is 0.803. The van der Waals surface area contributed by atoms with Gasteiger partial charge in [0, 0.05) is 13.1 Å². The average Bonchev–Trinajstić information content (AvgIpc) is 2.85. The zero-order chi connectivity index (χ0) is 12.3. The van der Waals surface area contributed by atoms with Gasteiger partial charge in [-0.3, -0.25) is 4.99 Å². The lowest BCUT2D eigenvalue weighted by Gasteiger charge is -2.09. The molecule has 0 aromatic heterocycles. The minimum atomic E-state index is 0.228. The zero-order valence-corrected chi connectivity index (χ0v) is 10.1. The summed E-state index contributed by atoms with van der Waals surface area (Å²) in [7, 11) is 0. The predicted molar refractivity (Wildman–Crippen MR) is 72.4 cm³/mol. The van der Waals surface area contributed by atoms with E-state index in [4.69, 9.17) is 5.11 Å². The molecule has 1 N–H and O–H groups in total. The Morgan fingerprint density at radius 1 is 1.35 bits per heavy atom. The number of aliphatic imine (C=N–C) groups is 1. The predicted octanol–water partition coefficient (Wildman–Crippen LogP) is 1.74. The Balaban J connectivity index is 0.000000171. The van der Waals surface area contributed by atoms with Crippen molar-refractivity contribution in [1.29, 1.82) is 0 Å². The third kappa shape index (κ3) is 5.88. The van der Waals surface area contributed by atoms with Gasteiger partial charge in [0.25, 0.3) is 0 Å². The van der Waals surface area contributed by atoms with Gasteiger partial charge in [0.1, 0.15) is 0 Å². The van der Waals surface area contributed by atoms with E-state index in [-0.39, 0.29) is 6.61 Å². The summed E-state index contributed by atoms with van der Waals surface area (Å²) in [6, 6.07) is 10.3. The van der Waals surface area contributed by atoms with Crippen molar-refractivity contribution in [2.24, 2.45) is 4.99 Å². The number of benzene rings is 1. The van der Waals surface area contributed by atoms with E-state index in [1.54, 1.807) is 6.34 Å². The lowest BCUT2D eigenvalue weighted by molar-refractivity contribution is 0.258. The summed E-state index contributed by atoms with van der Waals surface area (Å²) in [6.07, 6.45) is 4.67. The molecule has 0 saturated heterocycles. The SMILES string of the molecule is C=CCc1ccccc1.OCCN1C=NCC1. The van der Waals surface area contributed by atoms with Crippen LogP contribution >= 0.6 is 0 Å². The van der Waals surface area contributed by atoms with Crippen molar-refractivity contribution in [1.82, 2.24) is 4.90 Å². The maximum absolute atomic E-state index is 8.42. The van der Waals surface area contributed by atoms with Crippen molar-refractivity contribution in [3.05, 3.63) is 48.6 Å². The maximum Gasteiger partial charge on any atom is 0.0852 e. The van der Waals surface area contributed by atoms with Crippen LogP contribution in [-0.2, 0) is 6.42 Å². The molecule has 0 bridgehead atoms. The van der Waals surface area contributed by atoms with Gasteiger partial charge in [-0.05, 0) is 12.0 Å². The fraction of sp³-hybridized carbons (Fsp3) is 0.357. The minimum absolute atomic E-state index is 0.228. The van der Waals surface area contributed by atoms with Gasteiger partial charge in [0.05, 0.1) is 19.5 Å². The third-order valence-corrected chi connectivity index (χ3v) is 2.37. The first-order valence-corrected chi connectivity index (χ1v) is 5.86. The molecule has 0 atom stereocenters. The van der Waals surface area contributed by atoms with Crippen molar-refractivity contribution >= 4 is 6.34 Å². The van der Waals surface area contributed by atoms with Crippen LogP contribution < -0.4 is 0 Å². The fourth-order valence-corrected chi connectivity index (χ4v) is 1.50. The van der Waals surface area contributed by atoms with Crippen molar-refractivity contribution in [2.45, 2.75) is 6.42 Å². The molecule has 1 aliphatic rings. The molecule has 3 heteroatoms. The average molecular weight is 232 g/mol. The van der Waals surface area contributed by atoms with E-state index in [2.05, 4.69) is 23.7 Å². The normalized spacial score (nSPS) is 13.1. The second kappa shape index (κ2) is 8.53. The molecule has 2 rings (SSSR count). The Bertz CT molecular complexity index is 335. The van der Waals surface area contributed by atoms with Crippen LogP contribution in [0.1, 0.15) is 5.56 Å². The summed E-state index contributed by atoms with van der Waals surface area (Å²) in [5, 5.41) is 8.42. The van der Waals surface area contributed by atoms with Gasteiger partial charge in [-0.25, -0.2) is 0 Å². The first kappa shape index (κ1) is 13.5. The fourth-order valence-electron chi connectivity index (χ4n) is 1.50. The number of allylic oxidation sites excluding steroid dienone is 1. The molecule has 3 nitrogen and oxygen atoms in total. The molecule has 1 aromatic rings. The summed E-state index contributed by atoms with van der Waals surface area (Å²) in [6.45, 7) is 6.47. The number of hydrogen-bond acceptors (Lipinski definition) is 3. The first-order valence-electron chi connectivity index (χ1n) is 5.86. The number of aliphatic hydroxyl groups is 1. The molecule has 0 spiro atoms. The van der Waals surface area contributed by atoms with Gasteiger partial charge >= 0.3 is 0 Å². The Hall–Kier alpha value is -1.61. The molecular formula is C14H20N2O. The van der Waals surface area contributed by atoms with Crippen LogP contribution in [-0.4, -0.2) is 42.6 Å². The topological polar surface area (TPSA) is 35.8 Å². The van der Waals surface area contributed by atoms with Crippen LogP contribution in [0.4, 0.5) is 0 Å². The lowest BCUT2D eigenvalue weighted by Crippen LogP contribution is -2.22. The van der Waals surface area contributed by atoms with Gasteiger partial charge in [-0.2, -0.15) is 0 Å². The van der Waals surface area contributed by atoms with Crippen molar-refractivity contribution in [3.8, 4) is 0 Å². The summed E-state index contributed by atoms with van der Waals surface area (Å²) in [5.41, 5.74) is 1.33. The van der Waals surface area contributed by atoms with E-state index in [1.807, 2.05) is 29.2 Å². The molecule has 0 amide bonds. The van der Waals surface area contributed by atoms with E-state index in [1.165, 1.54) is 5.56 Å². The molecule has 1 heterocycles. The van der Waals surface area contributed by atoms with E-state index >= 15 is 0 Å². The zero-order valence-electron chi connectivity index (χ0n) is 10.1. The van der Waals surface area contributed by atoms with Crippen LogP contribution in [0.5, 0.6) is 0 Å². The smallest absolute Gasteiger partial charge is 0.0852 e.